The summed E-state index contributed by atoms with van der Waals surface area (Å²) in [5.41, 5.74) is -0.253. The van der Waals surface area contributed by atoms with Gasteiger partial charge in [0.2, 0.25) is 5.95 Å². The van der Waals surface area contributed by atoms with E-state index in [2.05, 4.69) is 30.9 Å². The summed E-state index contributed by atoms with van der Waals surface area (Å²) >= 11 is 0. The molecule has 0 saturated heterocycles. The van der Waals surface area contributed by atoms with Crippen molar-refractivity contribution in [1.29, 1.82) is 0 Å². The lowest BCUT2D eigenvalue weighted by atomic mass is 10.2. The van der Waals surface area contributed by atoms with Gasteiger partial charge in [-0.15, -0.1) is 0 Å². The van der Waals surface area contributed by atoms with Crippen LogP contribution in [0.2, 0.25) is 0 Å². The SMILES string of the molecule is CCNC(=NCCNc1nccc(C(F)(F)F)n1)Nc1ccc(OC)c(OCC)c1. The van der Waals surface area contributed by atoms with Gasteiger partial charge >= 0.3 is 6.18 Å². The van der Waals surface area contributed by atoms with Crippen molar-refractivity contribution in [3.63, 3.8) is 0 Å². The second-order valence-corrected chi connectivity index (χ2v) is 5.87. The molecular formula is C19H25F3N6O2. The highest BCUT2D eigenvalue weighted by atomic mass is 19.4. The van der Waals surface area contributed by atoms with Crippen molar-refractivity contribution >= 4 is 17.6 Å². The zero-order valence-corrected chi connectivity index (χ0v) is 17.0. The molecule has 1 heterocycles. The van der Waals surface area contributed by atoms with E-state index in [1.165, 1.54) is 0 Å². The number of aromatic nitrogens is 2. The Morgan fingerprint density at radius 3 is 2.63 bits per heavy atom. The molecule has 2 rings (SSSR count). The molecule has 0 aliphatic rings. The first-order valence-electron chi connectivity index (χ1n) is 9.37. The average molecular weight is 426 g/mol. The molecule has 1 aromatic heterocycles. The van der Waals surface area contributed by atoms with Crippen molar-refractivity contribution < 1.29 is 22.6 Å². The molecule has 0 aliphatic heterocycles. The number of nitrogens with zero attached hydrogens (tertiary/aromatic N) is 3. The van der Waals surface area contributed by atoms with Gasteiger partial charge in [0.1, 0.15) is 5.69 Å². The number of anilines is 2. The Morgan fingerprint density at radius 1 is 1.17 bits per heavy atom. The number of benzene rings is 1. The average Bonchev–Trinajstić information content (AvgIpc) is 2.71. The van der Waals surface area contributed by atoms with Gasteiger partial charge in [-0.1, -0.05) is 0 Å². The van der Waals surface area contributed by atoms with Gasteiger partial charge < -0.3 is 25.4 Å². The third-order valence-electron chi connectivity index (χ3n) is 3.68. The van der Waals surface area contributed by atoms with Gasteiger partial charge in [0, 0.05) is 31.0 Å². The first kappa shape index (κ1) is 23.0. The second-order valence-electron chi connectivity index (χ2n) is 5.87. The van der Waals surface area contributed by atoms with Crippen molar-refractivity contribution in [3.8, 4) is 11.5 Å². The second kappa shape index (κ2) is 11.1. The van der Waals surface area contributed by atoms with E-state index in [0.29, 0.717) is 30.6 Å². The highest BCUT2D eigenvalue weighted by Gasteiger charge is 2.32. The predicted molar refractivity (Wildman–Crippen MR) is 109 cm³/mol. The molecule has 2 aromatic rings. The third kappa shape index (κ3) is 6.98. The molecule has 0 bridgehead atoms. The molecule has 0 amide bonds. The zero-order chi connectivity index (χ0) is 22.0. The Labute approximate surface area is 172 Å². The van der Waals surface area contributed by atoms with Crippen LogP contribution in [-0.4, -0.2) is 49.3 Å². The number of aliphatic imine (C=N–C) groups is 1. The van der Waals surface area contributed by atoms with E-state index in [9.17, 15) is 13.2 Å². The topological polar surface area (TPSA) is 92.7 Å². The van der Waals surface area contributed by atoms with Crippen LogP contribution in [0.25, 0.3) is 0 Å². The largest absolute Gasteiger partial charge is 0.493 e. The summed E-state index contributed by atoms with van der Waals surface area (Å²) < 4.78 is 48.9. The van der Waals surface area contributed by atoms with E-state index in [1.807, 2.05) is 19.9 Å². The van der Waals surface area contributed by atoms with Gasteiger partial charge in [0.05, 0.1) is 20.3 Å². The minimum atomic E-state index is -4.52. The van der Waals surface area contributed by atoms with Crippen molar-refractivity contribution in [2.45, 2.75) is 20.0 Å². The zero-order valence-electron chi connectivity index (χ0n) is 17.0. The molecule has 0 unspecified atom stereocenters. The molecule has 8 nitrogen and oxygen atoms in total. The summed E-state index contributed by atoms with van der Waals surface area (Å²) in [6.07, 6.45) is -3.45. The number of nitrogens with one attached hydrogen (secondary N) is 3. The summed E-state index contributed by atoms with van der Waals surface area (Å²) in [6.45, 7) is 5.47. The highest BCUT2D eigenvalue weighted by Crippen LogP contribution is 2.30. The molecule has 164 valence electrons. The van der Waals surface area contributed by atoms with Gasteiger partial charge in [0.25, 0.3) is 0 Å². The van der Waals surface area contributed by atoms with E-state index >= 15 is 0 Å². The number of guanidine groups is 1. The van der Waals surface area contributed by atoms with Crippen LogP contribution in [0.15, 0.2) is 35.5 Å². The fraction of sp³-hybridized carbons (Fsp3) is 0.421. The number of halogens is 3. The number of ether oxygens (including phenoxy) is 2. The predicted octanol–water partition coefficient (Wildman–Crippen LogP) is 3.39. The standard InChI is InChI=1S/C19H25F3N6O2/c1-4-23-17(27-13-6-7-14(29-3)15(12-13)30-5-2)25-10-11-26-18-24-9-8-16(28-18)19(20,21)22/h6-9,12H,4-5,10-11H2,1-3H3,(H2,23,25,27)(H,24,26,28). The first-order valence-corrected chi connectivity index (χ1v) is 9.37. The molecule has 0 radical (unpaired) electrons. The smallest absolute Gasteiger partial charge is 0.433 e. The van der Waals surface area contributed by atoms with E-state index in [-0.39, 0.29) is 19.0 Å². The van der Waals surface area contributed by atoms with Gasteiger partial charge in [-0.25, -0.2) is 9.97 Å². The Balaban J connectivity index is 1.99. The molecule has 30 heavy (non-hydrogen) atoms. The Hall–Kier alpha value is -3.24. The quantitative estimate of drug-likeness (QED) is 0.322. The lowest BCUT2D eigenvalue weighted by Gasteiger charge is -2.14. The maximum Gasteiger partial charge on any atom is 0.433 e. The lowest BCUT2D eigenvalue weighted by Crippen LogP contribution is -2.31. The maximum atomic E-state index is 12.7. The summed E-state index contributed by atoms with van der Waals surface area (Å²) in [6, 6.07) is 6.22. The monoisotopic (exact) mass is 426 g/mol. The number of hydrogen-bond acceptors (Lipinski definition) is 6. The van der Waals surface area contributed by atoms with Crippen LogP contribution in [0.1, 0.15) is 19.5 Å². The van der Waals surface area contributed by atoms with E-state index in [0.717, 1.165) is 18.0 Å². The number of rotatable bonds is 9. The summed E-state index contributed by atoms with van der Waals surface area (Å²) in [7, 11) is 1.57. The Morgan fingerprint density at radius 2 is 1.97 bits per heavy atom. The van der Waals surface area contributed by atoms with Crippen LogP contribution in [0.3, 0.4) is 0 Å². The van der Waals surface area contributed by atoms with E-state index in [1.54, 1.807) is 19.2 Å². The van der Waals surface area contributed by atoms with Crippen LogP contribution < -0.4 is 25.4 Å². The summed E-state index contributed by atoms with van der Waals surface area (Å²) in [5.74, 6) is 1.63. The Bertz CT molecular complexity index is 845. The van der Waals surface area contributed by atoms with Gasteiger partial charge in [-0.2, -0.15) is 13.2 Å². The summed E-state index contributed by atoms with van der Waals surface area (Å²) in [4.78, 5) is 11.6. The lowest BCUT2D eigenvalue weighted by molar-refractivity contribution is -0.141. The fourth-order valence-corrected chi connectivity index (χ4v) is 2.40. The normalized spacial score (nSPS) is 11.7. The molecule has 0 aliphatic carbocycles. The first-order chi connectivity index (χ1) is 14.4. The molecule has 3 N–H and O–H groups in total. The van der Waals surface area contributed by atoms with Gasteiger partial charge in [-0.05, 0) is 32.0 Å². The third-order valence-corrected chi connectivity index (χ3v) is 3.68. The van der Waals surface area contributed by atoms with Crippen molar-refractivity contribution in [2.75, 3.05) is 44.0 Å². The van der Waals surface area contributed by atoms with Crippen molar-refractivity contribution in [1.82, 2.24) is 15.3 Å². The van der Waals surface area contributed by atoms with Crippen LogP contribution in [-0.2, 0) is 6.18 Å². The molecule has 0 atom stereocenters. The highest BCUT2D eigenvalue weighted by molar-refractivity contribution is 5.93. The minimum absolute atomic E-state index is 0.102. The van der Waals surface area contributed by atoms with Gasteiger partial charge in [-0.3, -0.25) is 4.99 Å². The van der Waals surface area contributed by atoms with Gasteiger partial charge in [0.15, 0.2) is 17.5 Å². The molecule has 0 fully saturated rings. The summed E-state index contributed by atoms with van der Waals surface area (Å²) in [5, 5.41) is 8.99. The van der Waals surface area contributed by atoms with Crippen LogP contribution in [0.4, 0.5) is 24.8 Å². The molecule has 0 spiro atoms. The van der Waals surface area contributed by atoms with Crippen LogP contribution >= 0.6 is 0 Å². The molecule has 11 heteroatoms. The number of methoxy groups -OCH3 is 1. The maximum absolute atomic E-state index is 12.7. The fourth-order valence-electron chi connectivity index (χ4n) is 2.40. The van der Waals surface area contributed by atoms with Crippen LogP contribution in [0, 0.1) is 0 Å². The number of alkyl halides is 3. The van der Waals surface area contributed by atoms with Crippen LogP contribution in [0.5, 0.6) is 11.5 Å². The minimum Gasteiger partial charge on any atom is -0.493 e. The van der Waals surface area contributed by atoms with E-state index in [4.69, 9.17) is 9.47 Å². The molecule has 0 saturated carbocycles. The van der Waals surface area contributed by atoms with Crippen molar-refractivity contribution in [3.05, 3.63) is 36.2 Å². The number of hydrogen-bond donors (Lipinski definition) is 3. The van der Waals surface area contributed by atoms with E-state index < -0.39 is 11.9 Å². The molecular weight excluding hydrogens is 401 g/mol. The van der Waals surface area contributed by atoms with Crippen molar-refractivity contribution in [2.24, 2.45) is 4.99 Å². The Kier molecular flexibility index (Phi) is 8.51. The molecule has 1 aromatic carbocycles.